The summed E-state index contributed by atoms with van der Waals surface area (Å²) in [5.41, 5.74) is 7.43. The molecule has 0 saturated heterocycles. The highest BCUT2D eigenvalue weighted by Gasteiger charge is 2.07. The topological polar surface area (TPSA) is 101 Å². The number of nitrogens with one attached hydrogen (secondary N) is 2. The third-order valence-corrected chi connectivity index (χ3v) is 6.90. The molecule has 6 heteroatoms. The molecule has 0 saturated carbocycles. The van der Waals surface area contributed by atoms with Crippen molar-refractivity contribution in [3.8, 4) is 0 Å². The van der Waals surface area contributed by atoms with Gasteiger partial charge in [-0.2, -0.15) is 0 Å². The normalized spacial score (nSPS) is 10.8. The Morgan fingerprint density at radius 1 is 0.811 bits per heavy atom. The second-order valence-corrected chi connectivity index (χ2v) is 10.0. The molecule has 0 bridgehead atoms. The Bertz CT molecular complexity index is 1030. The molecule has 2 heterocycles. The maximum absolute atomic E-state index is 11.1. The number of aromatic nitrogens is 2. The molecule has 3 aromatic rings. The molecule has 6 nitrogen and oxygen atoms in total. The number of fused-ring (bicyclic) bond motifs is 3. The van der Waals surface area contributed by atoms with Crippen molar-refractivity contribution in [2.45, 2.75) is 110 Å². The van der Waals surface area contributed by atoms with Crippen LogP contribution in [0.4, 0.5) is 0 Å². The van der Waals surface area contributed by atoms with Gasteiger partial charge in [0.1, 0.15) is 5.69 Å². The average Bonchev–Trinajstić information content (AvgIpc) is 3.29. The van der Waals surface area contributed by atoms with Gasteiger partial charge in [-0.3, -0.25) is 9.59 Å². The zero-order chi connectivity index (χ0) is 26.6. The van der Waals surface area contributed by atoms with Crippen molar-refractivity contribution in [2.75, 3.05) is 6.54 Å². The number of nitrogens with zero attached hydrogens (tertiary/aromatic N) is 1. The minimum absolute atomic E-state index is 0.289. The molecule has 37 heavy (non-hydrogen) atoms. The first-order valence-corrected chi connectivity index (χ1v) is 14.5. The van der Waals surface area contributed by atoms with Gasteiger partial charge in [0.15, 0.2) is 0 Å². The van der Waals surface area contributed by atoms with E-state index in [1.807, 2.05) is 24.3 Å². The fraction of sp³-hybridized carbons (Fsp3) is 0.581. The Balaban J connectivity index is 0.000000267. The molecule has 0 aliphatic heterocycles. The Morgan fingerprint density at radius 3 is 1.89 bits per heavy atom. The van der Waals surface area contributed by atoms with E-state index >= 15 is 0 Å². The van der Waals surface area contributed by atoms with E-state index in [4.69, 9.17) is 5.73 Å². The predicted octanol–water partition coefficient (Wildman–Crippen LogP) is 7.81. The van der Waals surface area contributed by atoms with Crippen molar-refractivity contribution in [1.29, 1.82) is 0 Å². The number of aromatic amines is 1. The SMILES string of the molecule is CCCCCCCCCCCCCCCCCCNC=O.NC(=O)c1cc2c(cn1)[nH]c1ccccc12. The number of para-hydroxylation sites is 1. The lowest BCUT2D eigenvalue weighted by Gasteiger charge is -2.03. The molecule has 0 aliphatic carbocycles. The summed E-state index contributed by atoms with van der Waals surface area (Å²) in [7, 11) is 0. The van der Waals surface area contributed by atoms with Crippen LogP contribution >= 0.6 is 0 Å². The zero-order valence-electron chi connectivity index (χ0n) is 22.9. The fourth-order valence-electron chi connectivity index (χ4n) is 4.72. The number of pyridine rings is 1. The van der Waals surface area contributed by atoms with Gasteiger partial charge in [-0.05, 0) is 18.6 Å². The highest BCUT2D eigenvalue weighted by atomic mass is 16.1. The van der Waals surface area contributed by atoms with Crippen molar-refractivity contribution < 1.29 is 9.59 Å². The summed E-state index contributed by atoms with van der Waals surface area (Å²) in [4.78, 5) is 28.3. The Morgan fingerprint density at radius 2 is 1.35 bits per heavy atom. The van der Waals surface area contributed by atoms with E-state index in [1.54, 1.807) is 12.3 Å². The number of amides is 2. The number of H-pyrrole nitrogens is 1. The van der Waals surface area contributed by atoms with Gasteiger partial charge in [-0.1, -0.05) is 121 Å². The quantitative estimate of drug-likeness (QED) is 0.114. The number of rotatable bonds is 19. The van der Waals surface area contributed by atoms with Crippen LogP contribution in [0, 0.1) is 0 Å². The van der Waals surface area contributed by atoms with Gasteiger partial charge in [0.2, 0.25) is 6.41 Å². The second-order valence-electron chi connectivity index (χ2n) is 10.0. The summed E-state index contributed by atoms with van der Waals surface area (Å²) in [5.74, 6) is -0.507. The lowest BCUT2D eigenvalue weighted by molar-refractivity contribution is -0.109. The summed E-state index contributed by atoms with van der Waals surface area (Å²) in [5, 5.41) is 4.76. The number of primary amides is 1. The van der Waals surface area contributed by atoms with Crippen molar-refractivity contribution in [2.24, 2.45) is 5.73 Å². The maximum Gasteiger partial charge on any atom is 0.267 e. The van der Waals surface area contributed by atoms with Gasteiger partial charge in [-0.25, -0.2) is 4.98 Å². The molecule has 0 radical (unpaired) electrons. The summed E-state index contributed by atoms with van der Waals surface area (Å²) in [6.45, 7) is 3.13. The van der Waals surface area contributed by atoms with Crippen LogP contribution in [0.2, 0.25) is 0 Å². The first-order chi connectivity index (χ1) is 18.2. The Kier molecular flexibility index (Phi) is 15.8. The lowest BCUT2D eigenvalue weighted by atomic mass is 10.0. The van der Waals surface area contributed by atoms with Gasteiger partial charge >= 0.3 is 0 Å². The van der Waals surface area contributed by atoms with Crippen LogP contribution in [0.25, 0.3) is 21.8 Å². The van der Waals surface area contributed by atoms with E-state index in [9.17, 15) is 9.59 Å². The fourth-order valence-corrected chi connectivity index (χ4v) is 4.72. The van der Waals surface area contributed by atoms with E-state index < -0.39 is 5.91 Å². The van der Waals surface area contributed by atoms with E-state index in [0.717, 1.165) is 41.2 Å². The predicted molar refractivity (Wildman–Crippen MR) is 156 cm³/mol. The second kappa shape index (κ2) is 19.3. The van der Waals surface area contributed by atoms with E-state index in [0.29, 0.717) is 0 Å². The molecule has 3 rings (SSSR count). The third kappa shape index (κ3) is 12.3. The molecule has 0 unspecified atom stereocenters. The van der Waals surface area contributed by atoms with Crippen molar-refractivity contribution in [1.82, 2.24) is 15.3 Å². The van der Waals surface area contributed by atoms with Crippen molar-refractivity contribution >= 4 is 34.1 Å². The standard InChI is InChI=1S/C19H39NO.C12H9N3O/c1-2-3-4-5-6-7-8-9-10-11-12-13-14-15-16-17-18-20-19-21;13-12(16)10-5-8-7-3-1-2-4-9(7)15-11(8)6-14-10/h19H,2-18H2,1H3,(H,20,21);1-6,15H,(H2,13,16). The van der Waals surface area contributed by atoms with Crippen molar-refractivity contribution in [3.05, 3.63) is 42.2 Å². The molecular formula is C31H48N4O2. The van der Waals surface area contributed by atoms with Crippen LogP contribution in [0.15, 0.2) is 36.5 Å². The molecule has 0 atom stereocenters. The first-order valence-electron chi connectivity index (χ1n) is 14.5. The highest BCUT2D eigenvalue weighted by Crippen LogP contribution is 2.24. The van der Waals surface area contributed by atoms with Crippen LogP contribution in [-0.2, 0) is 4.79 Å². The molecule has 0 aliphatic rings. The third-order valence-electron chi connectivity index (χ3n) is 6.90. The summed E-state index contributed by atoms with van der Waals surface area (Å²) >= 11 is 0. The summed E-state index contributed by atoms with van der Waals surface area (Å²) < 4.78 is 0. The Hall–Kier alpha value is -2.89. The minimum Gasteiger partial charge on any atom is -0.364 e. The van der Waals surface area contributed by atoms with Crippen LogP contribution in [0.1, 0.15) is 120 Å². The number of carbonyl (C=O) groups excluding carboxylic acids is 2. The average molecular weight is 509 g/mol. The van der Waals surface area contributed by atoms with E-state index in [-0.39, 0.29) is 5.69 Å². The summed E-state index contributed by atoms with van der Waals surface area (Å²) in [6.07, 6.45) is 24.7. The van der Waals surface area contributed by atoms with Gasteiger partial charge in [-0.15, -0.1) is 0 Å². The number of hydrogen-bond donors (Lipinski definition) is 3. The Labute approximate surface area is 223 Å². The van der Waals surface area contributed by atoms with Crippen LogP contribution < -0.4 is 11.1 Å². The number of benzene rings is 1. The monoisotopic (exact) mass is 508 g/mol. The van der Waals surface area contributed by atoms with Crippen LogP contribution in [-0.4, -0.2) is 28.8 Å². The summed E-state index contributed by atoms with van der Waals surface area (Å²) in [6, 6.07) is 9.62. The first kappa shape index (κ1) is 30.3. The van der Waals surface area contributed by atoms with Crippen LogP contribution in [0.5, 0.6) is 0 Å². The number of unbranched alkanes of at least 4 members (excludes halogenated alkanes) is 15. The maximum atomic E-state index is 11.1. The molecular weight excluding hydrogens is 460 g/mol. The molecule has 204 valence electrons. The van der Waals surface area contributed by atoms with Crippen molar-refractivity contribution in [3.63, 3.8) is 0 Å². The number of hydrogen-bond acceptors (Lipinski definition) is 3. The van der Waals surface area contributed by atoms with Crippen LogP contribution in [0.3, 0.4) is 0 Å². The number of carbonyl (C=O) groups is 2. The lowest BCUT2D eigenvalue weighted by Crippen LogP contribution is -2.12. The molecule has 0 spiro atoms. The molecule has 1 aromatic carbocycles. The highest BCUT2D eigenvalue weighted by molar-refractivity contribution is 6.08. The van der Waals surface area contributed by atoms with E-state index in [1.165, 1.54) is 96.3 Å². The van der Waals surface area contributed by atoms with Gasteiger partial charge in [0.05, 0.1) is 11.7 Å². The largest absolute Gasteiger partial charge is 0.364 e. The minimum atomic E-state index is -0.507. The molecule has 2 aromatic heterocycles. The molecule has 0 fully saturated rings. The molecule has 4 N–H and O–H groups in total. The van der Waals surface area contributed by atoms with E-state index in [2.05, 4.69) is 22.2 Å². The smallest absolute Gasteiger partial charge is 0.267 e. The van der Waals surface area contributed by atoms with Gasteiger partial charge in [0, 0.05) is 22.8 Å². The zero-order valence-corrected chi connectivity index (χ0v) is 22.9. The number of nitrogens with two attached hydrogens (primary N) is 1. The van der Waals surface area contributed by atoms with Gasteiger partial charge < -0.3 is 16.0 Å². The van der Waals surface area contributed by atoms with Gasteiger partial charge in [0.25, 0.3) is 5.91 Å². The molecule has 2 amide bonds.